The number of amides is 1. The van der Waals surface area contributed by atoms with Crippen LogP contribution in [0.15, 0.2) is 91.1 Å². The number of aromatic hydroxyl groups is 1. The molecule has 3 heterocycles. The van der Waals surface area contributed by atoms with E-state index in [1.807, 2.05) is 80.6 Å². The first-order chi connectivity index (χ1) is 18.5. The van der Waals surface area contributed by atoms with Crippen LogP contribution in [0.5, 0.6) is 5.75 Å². The molecule has 6 aromatic rings. The van der Waals surface area contributed by atoms with Crippen LogP contribution in [0.3, 0.4) is 0 Å². The first kappa shape index (κ1) is 23.4. The molecule has 0 fully saturated rings. The molecule has 0 saturated carbocycles. The van der Waals surface area contributed by atoms with Crippen molar-refractivity contribution < 1.29 is 9.90 Å². The van der Waals surface area contributed by atoms with E-state index in [0.717, 1.165) is 39.0 Å². The van der Waals surface area contributed by atoms with E-state index in [0.29, 0.717) is 30.0 Å². The molecular weight excluding hydrogens is 475 g/mol. The Morgan fingerprint density at radius 1 is 0.947 bits per heavy atom. The Morgan fingerprint density at radius 3 is 2.47 bits per heavy atom. The minimum absolute atomic E-state index is 0.136. The van der Waals surface area contributed by atoms with Crippen LogP contribution in [-0.2, 0) is 13.1 Å². The predicted molar refractivity (Wildman–Crippen MR) is 152 cm³/mol. The number of hydrogen-bond acceptors (Lipinski definition) is 5. The standard InChI is InChI=1S/C29H25BN6O2/c30-22-17-33-36-27(14-24(35-28(22)36)21-6-2-4-8-26(21)37)31-15-18-9-11-19(12-10-18)16-32-29(38)25-13-20-5-1-3-7-23(20)34-25/h1-14,17,31,34,37H,15-16,30H2,(H,32,38). The van der Waals surface area contributed by atoms with Crippen molar-refractivity contribution in [2.45, 2.75) is 13.1 Å². The molecule has 0 aliphatic heterocycles. The smallest absolute Gasteiger partial charge is 0.267 e. The molecule has 186 valence electrons. The highest BCUT2D eigenvalue weighted by Gasteiger charge is 2.13. The maximum Gasteiger partial charge on any atom is 0.267 e. The van der Waals surface area contributed by atoms with E-state index in [1.165, 1.54) is 0 Å². The zero-order valence-electron chi connectivity index (χ0n) is 20.8. The van der Waals surface area contributed by atoms with Gasteiger partial charge in [0.25, 0.3) is 5.91 Å². The monoisotopic (exact) mass is 500 g/mol. The van der Waals surface area contributed by atoms with Crippen LogP contribution in [0.2, 0.25) is 0 Å². The van der Waals surface area contributed by atoms with Gasteiger partial charge in [0.1, 0.15) is 25.1 Å². The van der Waals surface area contributed by atoms with Crippen molar-refractivity contribution in [3.63, 3.8) is 0 Å². The first-order valence-electron chi connectivity index (χ1n) is 12.4. The van der Waals surface area contributed by atoms with Gasteiger partial charge in [-0.2, -0.15) is 9.61 Å². The topological polar surface area (TPSA) is 107 Å². The molecule has 9 heteroatoms. The second kappa shape index (κ2) is 9.78. The molecule has 3 aromatic heterocycles. The van der Waals surface area contributed by atoms with E-state index in [1.54, 1.807) is 22.8 Å². The molecule has 0 aliphatic carbocycles. The fourth-order valence-corrected chi connectivity index (χ4v) is 4.47. The van der Waals surface area contributed by atoms with Crippen LogP contribution >= 0.6 is 0 Å². The van der Waals surface area contributed by atoms with Crippen molar-refractivity contribution in [3.05, 3.63) is 108 Å². The van der Waals surface area contributed by atoms with E-state index in [2.05, 4.69) is 20.7 Å². The lowest BCUT2D eigenvalue weighted by Gasteiger charge is -2.12. The number of anilines is 1. The summed E-state index contributed by atoms with van der Waals surface area (Å²) in [5, 5.41) is 22.3. The number of nitrogens with zero attached hydrogens (tertiary/aromatic N) is 3. The number of aromatic nitrogens is 4. The fourth-order valence-electron chi connectivity index (χ4n) is 4.47. The SMILES string of the molecule is Bc1cnn2c(NCc3ccc(CNC(=O)c4cc5ccccc5[nH]4)cc3)cc(-c3ccccc3O)nc12. The molecule has 0 saturated heterocycles. The maximum absolute atomic E-state index is 12.6. The molecule has 6 rings (SSSR count). The van der Waals surface area contributed by atoms with Crippen LogP contribution in [-0.4, -0.2) is 38.4 Å². The van der Waals surface area contributed by atoms with Crippen LogP contribution in [0.4, 0.5) is 5.82 Å². The summed E-state index contributed by atoms with van der Waals surface area (Å²) in [6.45, 7) is 1.00. The number of rotatable bonds is 7. The normalized spacial score (nSPS) is 11.2. The number of benzene rings is 3. The molecule has 4 N–H and O–H groups in total. The average Bonchev–Trinajstić information content (AvgIpc) is 3.55. The summed E-state index contributed by atoms with van der Waals surface area (Å²) in [5.74, 6) is 0.819. The molecule has 8 nitrogen and oxygen atoms in total. The maximum atomic E-state index is 12.6. The Morgan fingerprint density at radius 2 is 1.68 bits per heavy atom. The van der Waals surface area contributed by atoms with Crippen molar-refractivity contribution in [2.75, 3.05) is 5.32 Å². The summed E-state index contributed by atoms with van der Waals surface area (Å²) in [6.07, 6.45) is 1.78. The number of carbonyl (C=O) groups is 1. The molecule has 0 bridgehead atoms. The van der Waals surface area contributed by atoms with Gasteiger partial charge in [0.2, 0.25) is 0 Å². The summed E-state index contributed by atoms with van der Waals surface area (Å²) in [4.78, 5) is 20.5. The Bertz CT molecular complexity index is 1740. The van der Waals surface area contributed by atoms with E-state index >= 15 is 0 Å². The van der Waals surface area contributed by atoms with Crippen molar-refractivity contribution in [1.29, 1.82) is 0 Å². The van der Waals surface area contributed by atoms with Gasteiger partial charge in [0.15, 0.2) is 5.65 Å². The number of aromatic amines is 1. The van der Waals surface area contributed by atoms with E-state index < -0.39 is 0 Å². The average molecular weight is 500 g/mol. The van der Waals surface area contributed by atoms with Crippen LogP contribution in [0, 0.1) is 0 Å². The summed E-state index contributed by atoms with van der Waals surface area (Å²) < 4.78 is 1.77. The summed E-state index contributed by atoms with van der Waals surface area (Å²) in [6, 6.07) is 26.8. The zero-order valence-corrected chi connectivity index (χ0v) is 20.8. The van der Waals surface area contributed by atoms with Gasteiger partial charge in [0, 0.05) is 41.8 Å². The van der Waals surface area contributed by atoms with Crippen LogP contribution < -0.4 is 16.1 Å². The van der Waals surface area contributed by atoms with E-state index in [9.17, 15) is 9.90 Å². The number of para-hydroxylation sites is 2. The predicted octanol–water partition coefficient (Wildman–Crippen LogP) is 3.38. The van der Waals surface area contributed by atoms with Gasteiger partial charge in [-0.3, -0.25) is 4.79 Å². The summed E-state index contributed by atoms with van der Waals surface area (Å²) in [5.41, 5.74) is 6.59. The molecule has 1 amide bonds. The van der Waals surface area contributed by atoms with Gasteiger partial charge in [0.05, 0.1) is 5.69 Å². The van der Waals surface area contributed by atoms with E-state index in [4.69, 9.17) is 4.98 Å². The minimum Gasteiger partial charge on any atom is -0.507 e. The lowest BCUT2D eigenvalue weighted by molar-refractivity contribution is 0.0946. The van der Waals surface area contributed by atoms with Crippen molar-refractivity contribution in [2.24, 2.45) is 0 Å². The van der Waals surface area contributed by atoms with Crippen molar-refractivity contribution >= 4 is 41.6 Å². The quantitative estimate of drug-likeness (QED) is 0.252. The van der Waals surface area contributed by atoms with Crippen LogP contribution in [0.25, 0.3) is 27.8 Å². The lowest BCUT2D eigenvalue weighted by Crippen LogP contribution is -2.23. The lowest BCUT2D eigenvalue weighted by atomic mass is 10.0. The number of fused-ring (bicyclic) bond motifs is 2. The van der Waals surface area contributed by atoms with Gasteiger partial charge in [-0.15, -0.1) is 0 Å². The summed E-state index contributed by atoms with van der Waals surface area (Å²) in [7, 11) is 1.96. The highest BCUT2D eigenvalue weighted by molar-refractivity contribution is 6.36. The summed E-state index contributed by atoms with van der Waals surface area (Å²) >= 11 is 0. The molecule has 3 aromatic carbocycles. The molecule has 0 radical (unpaired) electrons. The Kier molecular flexibility index (Phi) is 6.01. The third-order valence-electron chi connectivity index (χ3n) is 6.55. The number of H-pyrrole nitrogens is 1. The second-order valence-corrected chi connectivity index (χ2v) is 9.23. The zero-order chi connectivity index (χ0) is 26.1. The molecule has 0 spiro atoms. The number of hydrogen-bond donors (Lipinski definition) is 4. The number of phenols is 1. The van der Waals surface area contributed by atoms with Gasteiger partial charge >= 0.3 is 0 Å². The number of carbonyl (C=O) groups excluding carboxylic acids is 1. The van der Waals surface area contributed by atoms with Crippen LogP contribution in [0.1, 0.15) is 21.6 Å². The highest BCUT2D eigenvalue weighted by Crippen LogP contribution is 2.29. The fraction of sp³-hybridized carbons (Fsp3) is 0.0690. The van der Waals surface area contributed by atoms with E-state index in [-0.39, 0.29) is 11.7 Å². The van der Waals surface area contributed by atoms with Crippen molar-refractivity contribution in [1.82, 2.24) is 24.9 Å². The van der Waals surface area contributed by atoms with Gasteiger partial charge < -0.3 is 20.7 Å². The Hall–Kier alpha value is -5.05. The highest BCUT2D eigenvalue weighted by atomic mass is 16.3. The molecule has 38 heavy (non-hydrogen) atoms. The third-order valence-corrected chi connectivity index (χ3v) is 6.55. The largest absolute Gasteiger partial charge is 0.507 e. The number of nitrogens with one attached hydrogen (secondary N) is 3. The minimum atomic E-state index is -0.136. The van der Waals surface area contributed by atoms with Gasteiger partial charge in [-0.25, -0.2) is 4.98 Å². The Labute approximate surface area is 219 Å². The molecular formula is C29H25BN6O2. The van der Waals surface area contributed by atoms with Crippen molar-refractivity contribution in [3.8, 4) is 17.0 Å². The van der Waals surface area contributed by atoms with Gasteiger partial charge in [-0.05, 0) is 40.9 Å². The molecule has 0 atom stereocenters. The molecule has 0 aliphatic rings. The second-order valence-electron chi connectivity index (χ2n) is 9.23. The first-order valence-corrected chi connectivity index (χ1v) is 12.4. The third kappa shape index (κ3) is 4.57. The number of phenolic OH excluding ortho intramolecular Hbond substituents is 1. The Balaban J connectivity index is 1.14. The van der Waals surface area contributed by atoms with Gasteiger partial charge in [-0.1, -0.05) is 54.6 Å². The molecule has 0 unspecified atom stereocenters.